The van der Waals surface area contributed by atoms with Crippen LogP contribution in [0.5, 0.6) is 0 Å². The first kappa shape index (κ1) is 14.3. The van der Waals surface area contributed by atoms with Gasteiger partial charge in [-0.05, 0) is 49.4 Å². The molecule has 19 heavy (non-hydrogen) atoms. The van der Waals surface area contributed by atoms with Crippen LogP contribution < -0.4 is 5.32 Å². The van der Waals surface area contributed by atoms with Crippen LogP contribution in [0.3, 0.4) is 0 Å². The van der Waals surface area contributed by atoms with Crippen molar-refractivity contribution in [3.63, 3.8) is 0 Å². The molecule has 4 nitrogen and oxygen atoms in total. The summed E-state index contributed by atoms with van der Waals surface area (Å²) in [4.78, 5) is 0.372. The molecular formula is C14H21NO3S. The summed E-state index contributed by atoms with van der Waals surface area (Å²) in [7, 11) is -3.11. The van der Waals surface area contributed by atoms with Crippen molar-refractivity contribution in [1.82, 2.24) is 0 Å². The van der Waals surface area contributed by atoms with Gasteiger partial charge in [-0.25, -0.2) is 8.42 Å². The van der Waals surface area contributed by atoms with E-state index < -0.39 is 9.84 Å². The Hall–Kier alpha value is -1.07. The highest BCUT2D eigenvalue weighted by Gasteiger charge is 2.22. The van der Waals surface area contributed by atoms with Crippen LogP contribution in [0.1, 0.15) is 26.2 Å². The topological polar surface area (TPSA) is 66.4 Å². The number of rotatable bonds is 5. The molecule has 0 saturated heterocycles. The summed E-state index contributed by atoms with van der Waals surface area (Å²) in [6.45, 7) is 2.48. The molecule has 1 aromatic rings. The van der Waals surface area contributed by atoms with E-state index in [1.807, 2.05) is 0 Å². The van der Waals surface area contributed by atoms with Crippen LogP contribution in [-0.2, 0) is 9.84 Å². The van der Waals surface area contributed by atoms with Crippen LogP contribution in [0.15, 0.2) is 29.2 Å². The molecule has 0 aromatic heterocycles. The molecule has 0 heterocycles. The molecule has 1 aromatic carbocycles. The van der Waals surface area contributed by atoms with Gasteiger partial charge in [-0.3, -0.25) is 0 Å². The molecule has 106 valence electrons. The summed E-state index contributed by atoms with van der Waals surface area (Å²) in [6, 6.07) is 6.89. The molecule has 1 aliphatic carbocycles. The number of nitrogens with one attached hydrogen (secondary N) is 1. The largest absolute Gasteiger partial charge is 0.393 e. The highest BCUT2D eigenvalue weighted by atomic mass is 32.2. The third kappa shape index (κ3) is 3.70. The summed E-state index contributed by atoms with van der Waals surface area (Å²) in [6.07, 6.45) is 2.65. The Morgan fingerprint density at radius 3 is 2.47 bits per heavy atom. The van der Waals surface area contributed by atoms with Crippen molar-refractivity contribution in [2.75, 3.05) is 17.6 Å². The Bertz CT molecular complexity index is 510. The van der Waals surface area contributed by atoms with Gasteiger partial charge in [0.15, 0.2) is 9.84 Å². The van der Waals surface area contributed by atoms with Gasteiger partial charge in [-0.2, -0.15) is 0 Å². The van der Waals surface area contributed by atoms with Crippen molar-refractivity contribution in [1.29, 1.82) is 0 Å². The molecule has 1 saturated carbocycles. The number of aliphatic hydroxyl groups is 1. The first-order valence-corrected chi connectivity index (χ1v) is 8.41. The predicted octanol–water partition coefficient (Wildman–Crippen LogP) is 2.05. The molecule has 0 bridgehead atoms. The Balaban J connectivity index is 1.92. The van der Waals surface area contributed by atoms with Gasteiger partial charge in [0.05, 0.1) is 16.8 Å². The monoisotopic (exact) mass is 283 g/mol. The van der Waals surface area contributed by atoms with Gasteiger partial charge < -0.3 is 10.4 Å². The Labute approximate surface area is 114 Å². The lowest BCUT2D eigenvalue weighted by atomic mass is 10.1. The normalized spacial score (nSPS) is 23.5. The second kappa shape index (κ2) is 5.92. The summed E-state index contributed by atoms with van der Waals surface area (Å²) in [5.41, 5.74) is 0.927. The molecule has 2 rings (SSSR count). The minimum atomic E-state index is -3.11. The molecule has 2 unspecified atom stereocenters. The highest BCUT2D eigenvalue weighted by Crippen LogP contribution is 2.25. The van der Waals surface area contributed by atoms with Crippen molar-refractivity contribution < 1.29 is 13.5 Å². The lowest BCUT2D eigenvalue weighted by molar-refractivity contribution is 0.178. The number of hydrogen-bond acceptors (Lipinski definition) is 4. The molecule has 0 aliphatic heterocycles. The maximum absolute atomic E-state index is 11.7. The van der Waals surface area contributed by atoms with E-state index in [0.717, 1.165) is 31.5 Å². The van der Waals surface area contributed by atoms with Gasteiger partial charge in [0.25, 0.3) is 0 Å². The maximum Gasteiger partial charge on any atom is 0.178 e. The van der Waals surface area contributed by atoms with E-state index in [4.69, 9.17) is 0 Å². The SMILES string of the molecule is CCS(=O)(=O)c1ccc(NCC2CCC(O)C2)cc1. The van der Waals surface area contributed by atoms with E-state index in [9.17, 15) is 13.5 Å². The quantitative estimate of drug-likeness (QED) is 0.868. The van der Waals surface area contributed by atoms with Crippen molar-refractivity contribution >= 4 is 15.5 Å². The minimum Gasteiger partial charge on any atom is -0.393 e. The number of sulfone groups is 1. The summed E-state index contributed by atoms with van der Waals surface area (Å²) >= 11 is 0. The third-order valence-corrected chi connectivity index (χ3v) is 5.45. The molecule has 1 fully saturated rings. The fourth-order valence-electron chi connectivity index (χ4n) is 2.44. The number of aliphatic hydroxyl groups excluding tert-OH is 1. The van der Waals surface area contributed by atoms with Crippen LogP contribution in [-0.4, -0.2) is 31.9 Å². The van der Waals surface area contributed by atoms with Crippen molar-refractivity contribution in [2.24, 2.45) is 5.92 Å². The molecule has 2 atom stereocenters. The molecule has 5 heteroatoms. The molecule has 2 N–H and O–H groups in total. The Morgan fingerprint density at radius 2 is 1.95 bits per heavy atom. The summed E-state index contributed by atoms with van der Waals surface area (Å²) < 4.78 is 23.3. The van der Waals surface area contributed by atoms with E-state index in [1.165, 1.54) is 0 Å². The minimum absolute atomic E-state index is 0.125. The first-order valence-electron chi connectivity index (χ1n) is 6.76. The van der Waals surface area contributed by atoms with Crippen LogP contribution in [0, 0.1) is 5.92 Å². The van der Waals surface area contributed by atoms with Gasteiger partial charge in [-0.1, -0.05) is 6.92 Å². The fourth-order valence-corrected chi connectivity index (χ4v) is 3.33. The van der Waals surface area contributed by atoms with E-state index in [1.54, 1.807) is 31.2 Å². The number of benzene rings is 1. The summed E-state index contributed by atoms with van der Waals surface area (Å²) in [5, 5.41) is 12.8. The van der Waals surface area contributed by atoms with Gasteiger partial charge in [0, 0.05) is 12.2 Å². The van der Waals surface area contributed by atoms with E-state index >= 15 is 0 Å². The maximum atomic E-state index is 11.7. The lowest BCUT2D eigenvalue weighted by Gasteiger charge is -2.12. The average Bonchev–Trinajstić information content (AvgIpc) is 2.83. The molecule has 0 radical (unpaired) electrons. The van der Waals surface area contributed by atoms with Gasteiger partial charge in [0.1, 0.15) is 0 Å². The van der Waals surface area contributed by atoms with Crippen molar-refractivity contribution in [3.8, 4) is 0 Å². The smallest absolute Gasteiger partial charge is 0.178 e. The molecule has 0 amide bonds. The lowest BCUT2D eigenvalue weighted by Crippen LogP contribution is -2.12. The average molecular weight is 283 g/mol. The zero-order valence-corrected chi connectivity index (χ0v) is 12.0. The van der Waals surface area contributed by atoms with E-state index in [2.05, 4.69) is 5.32 Å². The number of hydrogen-bond donors (Lipinski definition) is 2. The molecule has 0 spiro atoms. The predicted molar refractivity (Wildman–Crippen MR) is 76.0 cm³/mol. The molecule has 1 aliphatic rings. The van der Waals surface area contributed by atoms with E-state index in [0.29, 0.717) is 10.8 Å². The second-order valence-electron chi connectivity index (χ2n) is 5.14. The second-order valence-corrected chi connectivity index (χ2v) is 7.42. The third-order valence-electron chi connectivity index (χ3n) is 3.70. The van der Waals surface area contributed by atoms with Crippen LogP contribution in [0.2, 0.25) is 0 Å². The fraction of sp³-hybridized carbons (Fsp3) is 0.571. The van der Waals surface area contributed by atoms with Crippen molar-refractivity contribution in [3.05, 3.63) is 24.3 Å². The summed E-state index contributed by atoms with van der Waals surface area (Å²) in [5.74, 6) is 0.633. The highest BCUT2D eigenvalue weighted by molar-refractivity contribution is 7.91. The zero-order valence-electron chi connectivity index (χ0n) is 11.2. The Morgan fingerprint density at radius 1 is 1.26 bits per heavy atom. The number of anilines is 1. The van der Waals surface area contributed by atoms with Crippen LogP contribution >= 0.6 is 0 Å². The van der Waals surface area contributed by atoms with Crippen molar-refractivity contribution in [2.45, 2.75) is 37.2 Å². The van der Waals surface area contributed by atoms with Gasteiger partial charge >= 0.3 is 0 Å². The zero-order chi connectivity index (χ0) is 13.9. The Kier molecular flexibility index (Phi) is 4.47. The van der Waals surface area contributed by atoms with E-state index in [-0.39, 0.29) is 11.9 Å². The van der Waals surface area contributed by atoms with Crippen LogP contribution in [0.25, 0.3) is 0 Å². The van der Waals surface area contributed by atoms with Crippen LogP contribution in [0.4, 0.5) is 5.69 Å². The van der Waals surface area contributed by atoms with Gasteiger partial charge in [-0.15, -0.1) is 0 Å². The van der Waals surface area contributed by atoms with Gasteiger partial charge in [0.2, 0.25) is 0 Å². The first-order chi connectivity index (χ1) is 9.01. The standard InChI is InChI=1S/C14H21NO3S/c1-2-19(17,18)14-7-4-12(5-8-14)15-10-11-3-6-13(16)9-11/h4-5,7-8,11,13,15-16H,2-3,6,9-10H2,1H3. The molecular weight excluding hydrogens is 262 g/mol.